The summed E-state index contributed by atoms with van der Waals surface area (Å²) >= 11 is 0. The summed E-state index contributed by atoms with van der Waals surface area (Å²) in [5, 5.41) is 15.8. The molecule has 1 atom stereocenters. The molecule has 1 saturated heterocycles. The number of aryl methyl sites for hydroxylation is 2. The molecule has 2 heterocycles. The highest BCUT2D eigenvalue weighted by molar-refractivity contribution is 5.62. The number of ether oxygens (including phenoxy) is 1. The zero-order valence-corrected chi connectivity index (χ0v) is 13.6. The third kappa shape index (κ3) is 2.96. The number of halogens is 1. The summed E-state index contributed by atoms with van der Waals surface area (Å²) in [6, 6.07) is 6.13. The number of morpholine rings is 1. The first kappa shape index (κ1) is 16.4. The molecule has 1 fully saturated rings. The van der Waals surface area contributed by atoms with Crippen LogP contribution in [0.15, 0.2) is 24.3 Å². The molecule has 0 radical (unpaired) electrons. The molecule has 1 aliphatic rings. The normalized spacial score (nSPS) is 18.0. The van der Waals surface area contributed by atoms with E-state index in [0.29, 0.717) is 37.6 Å². The van der Waals surface area contributed by atoms with Crippen molar-refractivity contribution in [1.82, 2.24) is 9.78 Å². The van der Waals surface area contributed by atoms with Gasteiger partial charge in [0.2, 0.25) is 5.82 Å². The Labute approximate surface area is 138 Å². The smallest absolute Gasteiger partial charge is 0.334 e. The third-order valence-electron chi connectivity index (χ3n) is 4.19. The van der Waals surface area contributed by atoms with Gasteiger partial charge in [0.25, 0.3) is 0 Å². The molecule has 1 aromatic carbocycles. The van der Waals surface area contributed by atoms with Gasteiger partial charge in [0.15, 0.2) is 0 Å². The van der Waals surface area contributed by atoms with Gasteiger partial charge in [0, 0.05) is 13.6 Å². The van der Waals surface area contributed by atoms with E-state index in [1.54, 1.807) is 23.9 Å². The van der Waals surface area contributed by atoms with Crippen molar-refractivity contribution >= 4 is 11.5 Å². The van der Waals surface area contributed by atoms with E-state index >= 15 is 0 Å². The largest absolute Gasteiger partial charge is 0.370 e. The number of aromatic nitrogens is 2. The van der Waals surface area contributed by atoms with Crippen LogP contribution in [0, 0.1) is 15.9 Å². The summed E-state index contributed by atoms with van der Waals surface area (Å²) in [4.78, 5) is 13.0. The van der Waals surface area contributed by atoms with Gasteiger partial charge in [-0.3, -0.25) is 10.1 Å². The Kier molecular flexibility index (Phi) is 4.48. The fraction of sp³-hybridized carbons (Fsp3) is 0.438. The zero-order valence-electron chi connectivity index (χ0n) is 13.6. The van der Waals surface area contributed by atoms with E-state index in [2.05, 4.69) is 5.10 Å². The minimum absolute atomic E-state index is 0.0553. The van der Waals surface area contributed by atoms with E-state index in [1.807, 2.05) is 11.8 Å². The van der Waals surface area contributed by atoms with Crippen molar-refractivity contribution in [3.63, 3.8) is 0 Å². The molecular formula is C16H19FN4O3. The highest BCUT2D eigenvalue weighted by atomic mass is 19.1. The van der Waals surface area contributed by atoms with Crippen LogP contribution < -0.4 is 4.90 Å². The third-order valence-corrected chi connectivity index (χ3v) is 4.19. The molecule has 1 aliphatic heterocycles. The maximum Gasteiger partial charge on any atom is 0.334 e. The van der Waals surface area contributed by atoms with Gasteiger partial charge in [-0.25, -0.2) is 9.07 Å². The molecule has 8 heteroatoms. The van der Waals surface area contributed by atoms with Crippen molar-refractivity contribution in [3.05, 3.63) is 51.5 Å². The summed E-state index contributed by atoms with van der Waals surface area (Å²) in [5.41, 5.74) is 1.38. The summed E-state index contributed by atoms with van der Waals surface area (Å²) in [6.07, 6.45) is 0.231. The van der Waals surface area contributed by atoms with Gasteiger partial charge in [-0.15, -0.1) is 0 Å². The lowest BCUT2D eigenvalue weighted by Crippen LogP contribution is -2.39. The standard InChI is InChI=1S/C16H19FN4O3/c1-3-13-15(21(22)23)16(19(2)18-13)20-8-9-24-14(10-20)11-4-6-12(17)7-5-11/h4-7,14H,3,8-10H2,1-2H3. The molecule has 7 nitrogen and oxygen atoms in total. The average Bonchev–Trinajstić information content (AvgIpc) is 2.92. The number of hydrogen-bond acceptors (Lipinski definition) is 5. The summed E-state index contributed by atoms with van der Waals surface area (Å²) in [5.74, 6) is 0.188. The first-order chi connectivity index (χ1) is 11.5. The molecular weight excluding hydrogens is 315 g/mol. The minimum Gasteiger partial charge on any atom is -0.370 e. The van der Waals surface area contributed by atoms with Crippen LogP contribution in [0.1, 0.15) is 24.3 Å². The fourth-order valence-electron chi connectivity index (χ4n) is 3.06. The maximum absolute atomic E-state index is 13.1. The van der Waals surface area contributed by atoms with Crippen molar-refractivity contribution in [2.45, 2.75) is 19.4 Å². The first-order valence-electron chi connectivity index (χ1n) is 7.83. The highest BCUT2D eigenvalue weighted by Gasteiger charge is 2.33. The summed E-state index contributed by atoms with van der Waals surface area (Å²) in [6.45, 7) is 3.28. The first-order valence-corrected chi connectivity index (χ1v) is 7.83. The lowest BCUT2D eigenvalue weighted by Gasteiger charge is -2.33. The predicted molar refractivity (Wildman–Crippen MR) is 86.5 cm³/mol. The van der Waals surface area contributed by atoms with Crippen LogP contribution in [-0.4, -0.2) is 34.4 Å². The quantitative estimate of drug-likeness (QED) is 0.635. The molecule has 0 spiro atoms. The second-order valence-electron chi connectivity index (χ2n) is 5.71. The molecule has 0 aliphatic carbocycles. The summed E-state index contributed by atoms with van der Waals surface area (Å²) < 4.78 is 20.4. The molecule has 128 valence electrons. The molecule has 0 bridgehead atoms. The van der Waals surface area contributed by atoms with Gasteiger partial charge in [-0.1, -0.05) is 19.1 Å². The molecule has 0 N–H and O–H groups in total. The van der Waals surface area contributed by atoms with Crippen LogP contribution in [0.5, 0.6) is 0 Å². The molecule has 1 aromatic heterocycles. The average molecular weight is 334 g/mol. The van der Waals surface area contributed by atoms with E-state index in [0.717, 1.165) is 5.56 Å². The van der Waals surface area contributed by atoms with Gasteiger partial charge >= 0.3 is 5.69 Å². The number of benzene rings is 1. The Hall–Kier alpha value is -2.48. The monoisotopic (exact) mass is 334 g/mol. The number of rotatable bonds is 4. The Bertz CT molecular complexity index is 745. The molecule has 0 amide bonds. The lowest BCUT2D eigenvalue weighted by molar-refractivity contribution is -0.384. The van der Waals surface area contributed by atoms with Crippen LogP contribution in [0.4, 0.5) is 15.9 Å². The minimum atomic E-state index is -0.371. The van der Waals surface area contributed by atoms with Gasteiger partial charge in [-0.05, 0) is 24.1 Å². The molecule has 3 rings (SSSR count). The second-order valence-corrected chi connectivity index (χ2v) is 5.71. The Morgan fingerprint density at radius 1 is 1.42 bits per heavy atom. The van der Waals surface area contributed by atoms with Crippen molar-refractivity contribution in [3.8, 4) is 0 Å². The van der Waals surface area contributed by atoms with Crippen LogP contribution >= 0.6 is 0 Å². The Morgan fingerprint density at radius 3 is 2.75 bits per heavy atom. The molecule has 0 saturated carbocycles. The summed E-state index contributed by atoms with van der Waals surface area (Å²) in [7, 11) is 1.71. The topological polar surface area (TPSA) is 73.4 Å². The Balaban J connectivity index is 1.91. The predicted octanol–water partition coefficient (Wildman–Crippen LogP) is 2.61. The number of nitro groups is 1. The van der Waals surface area contributed by atoms with Crippen LogP contribution in [-0.2, 0) is 18.2 Å². The fourth-order valence-corrected chi connectivity index (χ4v) is 3.06. The van der Waals surface area contributed by atoms with Crippen LogP contribution in [0.25, 0.3) is 0 Å². The van der Waals surface area contributed by atoms with Crippen molar-refractivity contribution in [2.75, 3.05) is 24.6 Å². The molecule has 2 aromatic rings. The van der Waals surface area contributed by atoms with Crippen molar-refractivity contribution < 1.29 is 14.1 Å². The van der Waals surface area contributed by atoms with Gasteiger partial charge in [0.05, 0.1) is 18.1 Å². The van der Waals surface area contributed by atoms with E-state index in [9.17, 15) is 14.5 Å². The van der Waals surface area contributed by atoms with Crippen LogP contribution in [0.3, 0.4) is 0 Å². The van der Waals surface area contributed by atoms with Gasteiger partial charge in [0.1, 0.15) is 17.6 Å². The van der Waals surface area contributed by atoms with E-state index < -0.39 is 0 Å². The second kappa shape index (κ2) is 6.56. The zero-order chi connectivity index (χ0) is 17.3. The van der Waals surface area contributed by atoms with E-state index in [4.69, 9.17) is 4.74 Å². The highest BCUT2D eigenvalue weighted by Crippen LogP contribution is 2.34. The number of anilines is 1. The molecule has 24 heavy (non-hydrogen) atoms. The number of nitrogens with zero attached hydrogens (tertiary/aromatic N) is 4. The van der Waals surface area contributed by atoms with E-state index in [-0.39, 0.29) is 22.5 Å². The van der Waals surface area contributed by atoms with Crippen LogP contribution in [0.2, 0.25) is 0 Å². The van der Waals surface area contributed by atoms with E-state index in [1.165, 1.54) is 12.1 Å². The number of hydrogen-bond donors (Lipinski definition) is 0. The van der Waals surface area contributed by atoms with Crippen molar-refractivity contribution in [2.24, 2.45) is 7.05 Å². The van der Waals surface area contributed by atoms with Gasteiger partial charge < -0.3 is 9.64 Å². The molecule has 1 unspecified atom stereocenters. The Morgan fingerprint density at radius 2 is 2.12 bits per heavy atom. The SMILES string of the molecule is CCc1nn(C)c(N2CCOC(c3ccc(F)cc3)C2)c1[N+](=O)[O-]. The van der Waals surface area contributed by atoms with Gasteiger partial charge in [-0.2, -0.15) is 5.10 Å². The lowest BCUT2D eigenvalue weighted by atomic mass is 10.1. The van der Waals surface area contributed by atoms with Crippen molar-refractivity contribution in [1.29, 1.82) is 0 Å². The maximum atomic E-state index is 13.1.